The van der Waals surface area contributed by atoms with Gasteiger partial charge in [-0.1, -0.05) is 12.2 Å². The maximum Gasteiger partial charge on any atom is 0.309 e. The van der Waals surface area contributed by atoms with Crippen molar-refractivity contribution >= 4 is 17.9 Å². The molecule has 4 N–H and O–H groups in total. The molecule has 18 heavy (non-hydrogen) atoms. The van der Waals surface area contributed by atoms with Gasteiger partial charge in [-0.05, 0) is 19.3 Å². The van der Waals surface area contributed by atoms with Crippen molar-refractivity contribution in [2.24, 2.45) is 5.92 Å². The third-order valence-electron chi connectivity index (χ3n) is 2.66. The number of allylic oxidation sites excluding steroid dienone is 2. The van der Waals surface area contributed by atoms with Crippen molar-refractivity contribution in [3.05, 3.63) is 18.0 Å². The van der Waals surface area contributed by atoms with Gasteiger partial charge >= 0.3 is 5.97 Å². The number of nitrogen functional groups attached to an aromatic ring is 2. The largest absolute Gasteiger partial charge is 0.457 e. The van der Waals surface area contributed by atoms with Gasteiger partial charge in [0.2, 0.25) is 11.9 Å². The molecule has 1 aromatic rings. The molecule has 0 bridgehead atoms. The number of carbonyl (C=O) groups is 1. The number of ether oxygens (including phenoxy) is 1. The normalized spacial score (nSPS) is 18.6. The van der Waals surface area contributed by atoms with Crippen molar-refractivity contribution < 1.29 is 9.53 Å². The zero-order valence-corrected chi connectivity index (χ0v) is 9.87. The molecule has 0 radical (unpaired) electrons. The van der Waals surface area contributed by atoms with E-state index >= 15 is 0 Å². The maximum atomic E-state index is 11.8. The van der Waals surface area contributed by atoms with E-state index in [2.05, 4.69) is 21.0 Å². The molecule has 0 unspecified atom stereocenters. The highest BCUT2D eigenvalue weighted by atomic mass is 16.5. The molecule has 1 heterocycles. The quantitative estimate of drug-likeness (QED) is 0.589. The smallest absolute Gasteiger partial charge is 0.309 e. The predicted octanol–water partition coefficient (Wildman–Crippen LogP) is 0.435. The van der Waals surface area contributed by atoms with Crippen LogP contribution in [0.25, 0.3) is 0 Å². The molecule has 0 spiro atoms. The van der Waals surface area contributed by atoms with E-state index in [1.54, 1.807) is 0 Å². The molecule has 7 heteroatoms. The Kier molecular flexibility index (Phi) is 3.71. The number of nitrogens with zero attached hydrogens (tertiary/aromatic N) is 3. The Balaban J connectivity index is 1.90. The minimum atomic E-state index is -0.239. The number of aromatic nitrogens is 3. The van der Waals surface area contributed by atoms with E-state index in [9.17, 15) is 4.79 Å². The van der Waals surface area contributed by atoms with E-state index in [1.165, 1.54) is 0 Å². The van der Waals surface area contributed by atoms with Crippen LogP contribution >= 0.6 is 0 Å². The average Bonchev–Trinajstić information content (AvgIpc) is 2.36. The van der Waals surface area contributed by atoms with Gasteiger partial charge in [0, 0.05) is 0 Å². The van der Waals surface area contributed by atoms with Gasteiger partial charge in [0.1, 0.15) is 0 Å². The number of hydrogen-bond donors (Lipinski definition) is 2. The lowest BCUT2D eigenvalue weighted by molar-refractivity contribution is -0.150. The van der Waals surface area contributed by atoms with Gasteiger partial charge in [-0.3, -0.25) is 4.79 Å². The van der Waals surface area contributed by atoms with Crippen molar-refractivity contribution in [1.29, 1.82) is 0 Å². The number of carbonyl (C=O) groups excluding carboxylic acids is 1. The Morgan fingerprint density at radius 2 is 2.00 bits per heavy atom. The van der Waals surface area contributed by atoms with E-state index in [0.29, 0.717) is 0 Å². The Hall–Kier alpha value is -2.18. The predicted molar refractivity (Wildman–Crippen MR) is 64.9 cm³/mol. The standard InChI is InChI=1S/C11H15N5O2/c12-10-14-8(15-11(13)16-10)6-18-9(17)7-4-2-1-3-5-7/h1-2,7H,3-6H2,(H4,12,13,14,15,16)/t7-/m0/s1. The van der Waals surface area contributed by atoms with Gasteiger partial charge in [-0.25, -0.2) is 0 Å². The number of hydrogen-bond acceptors (Lipinski definition) is 7. The molecule has 2 rings (SSSR count). The third kappa shape index (κ3) is 3.16. The van der Waals surface area contributed by atoms with Crippen molar-refractivity contribution in [2.45, 2.75) is 25.9 Å². The summed E-state index contributed by atoms with van der Waals surface area (Å²) < 4.78 is 5.14. The summed E-state index contributed by atoms with van der Waals surface area (Å²) in [6.07, 6.45) is 6.51. The van der Waals surface area contributed by atoms with Crippen LogP contribution < -0.4 is 11.5 Å². The summed E-state index contributed by atoms with van der Waals surface area (Å²) in [4.78, 5) is 23.1. The maximum absolute atomic E-state index is 11.8. The topological polar surface area (TPSA) is 117 Å². The highest BCUT2D eigenvalue weighted by Gasteiger charge is 2.20. The van der Waals surface area contributed by atoms with E-state index in [-0.39, 0.29) is 36.2 Å². The first-order valence-corrected chi connectivity index (χ1v) is 5.72. The minimum Gasteiger partial charge on any atom is -0.457 e. The summed E-state index contributed by atoms with van der Waals surface area (Å²) in [6, 6.07) is 0. The fourth-order valence-electron chi connectivity index (χ4n) is 1.78. The monoisotopic (exact) mass is 249 g/mol. The fourth-order valence-corrected chi connectivity index (χ4v) is 1.78. The number of esters is 1. The molecule has 0 amide bonds. The summed E-state index contributed by atoms with van der Waals surface area (Å²) in [5.41, 5.74) is 10.8. The molecule has 1 aliphatic carbocycles. The van der Waals surface area contributed by atoms with E-state index in [1.807, 2.05) is 6.08 Å². The second-order valence-corrected chi connectivity index (χ2v) is 4.06. The molecule has 7 nitrogen and oxygen atoms in total. The lowest BCUT2D eigenvalue weighted by Gasteiger charge is -2.15. The zero-order valence-electron chi connectivity index (χ0n) is 9.87. The molecular formula is C11H15N5O2. The Morgan fingerprint density at radius 1 is 1.28 bits per heavy atom. The average molecular weight is 249 g/mol. The molecule has 0 aliphatic heterocycles. The number of rotatable bonds is 3. The van der Waals surface area contributed by atoms with Gasteiger partial charge in [0.05, 0.1) is 5.92 Å². The molecule has 1 atom stereocenters. The summed E-state index contributed by atoms with van der Waals surface area (Å²) in [5, 5.41) is 0. The zero-order chi connectivity index (χ0) is 13.0. The third-order valence-corrected chi connectivity index (χ3v) is 2.66. The fraction of sp³-hybridized carbons (Fsp3) is 0.455. The van der Waals surface area contributed by atoms with Crippen molar-refractivity contribution in [2.75, 3.05) is 11.5 Å². The molecule has 0 fully saturated rings. The van der Waals surface area contributed by atoms with Crippen molar-refractivity contribution in [3.8, 4) is 0 Å². The minimum absolute atomic E-state index is 0.0224. The summed E-state index contributed by atoms with van der Waals surface area (Å²) in [7, 11) is 0. The van der Waals surface area contributed by atoms with Crippen LogP contribution in [0.2, 0.25) is 0 Å². The summed E-state index contributed by atoms with van der Waals surface area (Å²) in [6.45, 7) is -0.0318. The lowest BCUT2D eigenvalue weighted by Crippen LogP contribution is -2.19. The van der Waals surface area contributed by atoms with Gasteiger partial charge in [0.25, 0.3) is 0 Å². The first-order valence-electron chi connectivity index (χ1n) is 5.72. The van der Waals surface area contributed by atoms with Crippen molar-refractivity contribution in [1.82, 2.24) is 15.0 Å². The molecule has 0 aromatic carbocycles. The lowest BCUT2D eigenvalue weighted by atomic mass is 9.95. The Labute approximate surface area is 104 Å². The molecule has 1 aromatic heterocycles. The summed E-state index contributed by atoms with van der Waals surface area (Å²) in [5.74, 6) is -0.00793. The van der Waals surface area contributed by atoms with Crippen LogP contribution in [0.1, 0.15) is 25.1 Å². The SMILES string of the molecule is Nc1nc(N)nc(COC(=O)[C@H]2CC=CCC2)n1. The second kappa shape index (κ2) is 5.44. The molecule has 0 saturated heterocycles. The highest BCUT2D eigenvalue weighted by molar-refractivity contribution is 5.72. The first-order chi connectivity index (χ1) is 8.65. The molecule has 0 saturated carbocycles. The highest BCUT2D eigenvalue weighted by Crippen LogP contribution is 2.19. The van der Waals surface area contributed by atoms with Gasteiger partial charge in [-0.15, -0.1) is 0 Å². The van der Waals surface area contributed by atoms with Crippen LogP contribution in [0.3, 0.4) is 0 Å². The van der Waals surface area contributed by atoms with Gasteiger partial charge < -0.3 is 16.2 Å². The summed E-state index contributed by atoms with van der Waals surface area (Å²) >= 11 is 0. The van der Waals surface area contributed by atoms with Crippen molar-refractivity contribution in [3.63, 3.8) is 0 Å². The van der Waals surface area contributed by atoms with Crippen LogP contribution in [0.5, 0.6) is 0 Å². The number of anilines is 2. The number of nitrogens with two attached hydrogens (primary N) is 2. The molecular weight excluding hydrogens is 234 g/mol. The Morgan fingerprint density at radius 3 is 2.61 bits per heavy atom. The van der Waals surface area contributed by atoms with Gasteiger partial charge in [0.15, 0.2) is 12.4 Å². The second-order valence-electron chi connectivity index (χ2n) is 4.06. The van der Waals surface area contributed by atoms with Crippen LogP contribution in [0, 0.1) is 5.92 Å². The van der Waals surface area contributed by atoms with Crippen LogP contribution in [-0.2, 0) is 16.1 Å². The van der Waals surface area contributed by atoms with Crippen LogP contribution in [-0.4, -0.2) is 20.9 Å². The van der Waals surface area contributed by atoms with E-state index in [0.717, 1.165) is 19.3 Å². The van der Waals surface area contributed by atoms with Gasteiger partial charge in [-0.2, -0.15) is 15.0 Å². The van der Waals surface area contributed by atoms with E-state index in [4.69, 9.17) is 16.2 Å². The first kappa shape index (κ1) is 12.3. The Bertz CT molecular complexity index is 454. The molecule has 1 aliphatic rings. The van der Waals surface area contributed by atoms with Crippen LogP contribution in [0.4, 0.5) is 11.9 Å². The molecule has 96 valence electrons. The van der Waals surface area contributed by atoms with E-state index < -0.39 is 0 Å². The van der Waals surface area contributed by atoms with Crippen LogP contribution in [0.15, 0.2) is 12.2 Å².